The van der Waals surface area contributed by atoms with Crippen LogP contribution in [0.25, 0.3) is 0 Å². The number of hydrogen-bond donors (Lipinski definition) is 1. The average molecular weight is 243 g/mol. The SMILES string of the molecule is CCOC(=O)C(C(=O)OCC)C1CCNCC1. The summed E-state index contributed by atoms with van der Waals surface area (Å²) in [5, 5.41) is 3.21. The molecule has 0 spiro atoms. The van der Waals surface area contributed by atoms with E-state index in [1.165, 1.54) is 0 Å². The Hall–Kier alpha value is -1.10. The fourth-order valence-corrected chi connectivity index (χ4v) is 2.12. The van der Waals surface area contributed by atoms with Gasteiger partial charge in [0.2, 0.25) is 0 Å². The van der Waals surface area contributed by atoms with Gasteiger partial charge in [-0.25, -0.2) is 0 Å². The maximum Gasteiger partial charge on any atom is 0.320 e. The molecule has 0 bridgehead atoms. The molecule has 0 radical (unpaired) electrons. The number of rotatable bonds is 5. The van der Waals surface area contributed by atoms with Crippen molar-refractivity contribution in [3.05, 3.63) is 0 Å². The highest BCUT2D eigenvalue weighted by Gasteiger charge is 2.37. The predicted molar refractivity (Wildman–Crippen MR) is 62.3 cm³/mol. The van der Waals surface area contributed by atoms with Crippen molar-refractivity contribution in [1.82, 2.24) is 5.32 Å². The molecule has 5 nitrogen and oxygen atoms in total. The number of hydrogen-bond acceptors (Lipinski definition) is 5. The summed E-state index contributed by atoms with van der Waals surface area (Å²) in [6, 6.07) is 0. The molecule has 0 aromatic heterocycles. The van der Waals surface area contributed by atoms with Gasteiger partial charge in [-0.1, -0.05) is 0 Å². The minimum absolute atomic E-state index is 0.0364. The third-order valence-corrected chi connectivity index (χ3v) is 2.94. The van der Waals surface area contributed by atoms with Gasteiger partial charge in [-0.05, 0) is 45.7 Å². The van der Waals surface area contributed by atoms with Crippen molar-refractivity contribution in [3.63, 3.8) is 0 Å². The first-order chi connectivity index (χ1) is 8.20. The highest BCUT2D eigenvalue weighted by molar-refractivity contribution is 5.95. The zero-order valence-electron chi connectivity index (χ0n) is 10.5. The van der Waals surface area contributed by atoms with Crippen molar-refractivity contribution in [2.75, 3.05) is 26.3 Å². The van der Waals surface area contributed by atoms with E-state index in [1.54, 1.807) is 13.8 Å². The number of nitrogens with one attached hydrogen (secondary N) is 1. The Kier molecular flexibility index (Phi) is 5.97. The number of ether oxygens (including phenoxy) is 2. The first-order valence-corrected chi connectivity index (χ1v) is 6.24. The van der Waals surface area contributed by atoms with E-state index in [0.717, 1.165) is 25.9 Å². The average Bonchev–Trinajstić information content (AvgIpc) is 2.31. The molecule has 1 heterocycles. The molecule has 1 fully saturated rings. The van der Waals surface area contributed by atoms with E-state index in [0.29, 0.717) is 13.2 Å². The number of carbonyl (C=O) groups excluding carboxylic acids is 2. The molecule has 5 heteroatoms. The van der Waals surface area contributed by atoms with Gasteiger partial charge in [-0.3, -0.25) is 9.59 Å². The Morgan fingerprint density at radius 2 is 1.59 bits per heavy atom. The van der Waals surface area contributed by atoms with Crippen LogP contribution in [0.3, 0.4) is 0 Å². The van der Waals surface area contributed by atoms with Crippen molar-refractivity contribution >= 4 is 11.9 Å². The largest absolute Gasteiger partial charge is 0.465 e. The van der Waals surface area contributed by atoms with Gasteiger partial charge in [-0.2, -0.15) is 0 Å². The standard InChI is InChI=1S/C12H21NO4/c1-3-16-11(14)10(12(15)17-4-2)9-5-7-13-8-6-9/h9-10,13H,3-8H2,1-2H3. The number of piperidine rings is 1. The zero-order chi connectivity index (χ0) is 12.7. The molecule has 1 aliphatic rings. The van der Waals surface area contributed by atoms with Crippen LogP contribution >= 0.6 is 0 Å². The fraction of sp³-hybridized carbons (Fsp3) is 0.833. The van der Waals surface area contributed by atoms with E-state index in [9.17, 15) is 9.59 Å². The van der Waals surface area contributed by atoms with Crippen LogP contribution in [-0.4, -0.2) is 38.2 Å². The molecule has 1 saturated heterocycles. The van der Waals surface area contributed by atoms with Crippen LogP contribution in [0.2, 0.25) is 0 Å². The predicted octanol–water partition coefficient (Wildman–Crippen LogP) is 0.728. The minimum atomic E-state index is -0.753. The highest BCUT2D eigenvalue weighted by Crippen LogP contribution is 2.24. The van der Waals surface area contributed by atoms with Gasteiger partial charge < -0.3 is 14.8 Å². The van der Waals surface area contributed by atoms with E-state index in [-0.39, 0.29) is 5.92 Å². The summed E-state index contributed by atoms with van der Waals surface area (Å²) in [4.78, 5) is 23.6. The molecule has 1 N–H and O–H groups in total. The normalized spacial score (nSPS) is 16.9. The topological polar surface area (TPSA) is 64.6 Å². The lowest BCUT2D eigenvalue weighted by molar-refractivity contribution is -0.164. The monoisotopic (exact) mass is 243 g/mol. The van der Waals surface area contributed by atoms with E-state index in [1.807, 2.05) is 0 Å². The third kappa shape index (κ3) is 4.00. The van der Waals surface area contributed by atoms with Crippen LogP contribution in [0.5, 0.6) is 0 Å². The zero-order valence-corrected chi connectivity index (χ0v) is 10.5. The number of carbonyl (C=O) groups is 2. The first kappa shape index (κ1) is 14.0. The summed E-state index contributed by atoms with van der Waals surface area (Å²) in [5.41, 5.74) is 0. The molecule has 0 aromatic carbocycles. The Morgan fingerprint density at radius 1 is 1.12 bits per heavy atom. The summed E-state index contributed by atoms with van der Waals surface area (Å²) in [6.07, 6.45) is 1.62. The molecule has 0 aromatic rings. The molecule has 98 valence electrons. The molecule has 0 atom stereocenters. The summed E-state index contributed by atoms with van der Waals surface area (Å²) in [7, 11) is 0. The van der Waals surface area contributed by atoms with Crippen LogP contribution in [0.1, 0.15) is 26.7 Å². The molecular formula is C12H21NO4. The van der Waals surface area contributed by atoms with Crippen molar-refractivity contribution in [2.45, 2.75) is 26.7 Å². The van der Waals surface area contributed by atoms with Crippen molar-refractivity contribution < 1.29 is 19.1 Å². The van der Waals surface area contributed by atoms with Gasteiger partial charge in [0.05, 0.1) is 13.2 Å². The lowest BCUT2D eigenvalue weighted by Crippen LogP contribution is -2.40. The Bertz CT molecular complexity index is 243. The second-order valence-electron chi connectivity index (χ2n) is 4.07. The van der Waals surface area contributed by atoms with Crippen LogP contribution in [0.4, 0.5) is 0 Å². The highest BCUT2D eigenvalue weighted by atomic mass is 16.6. The summed E-state index contributed by atoms with van der Waals surface area (Å²) in [5.74, 6) is -1.61. The lowest BCUT2D eigenvalue weighted by atomic mass is 9.85. The van der Waals surface area contributed by atoms with Gasteiger partial charge in [0.1, 0.15) is 0 Å². The third-order valence-electron chi connectivity index (χ3n) is 2.94. The van der Waals surface area contributed by atoms with Gasteiger partial charge in [0.25, 0.3) is 0 Å². The molecule has 1 aliphatic heterocycles. The molecular weight excluding hydrogens is 222 g/mol. The Morgan fingerprint density at radius 3 is 2.00 bits per heavy atom. The van der Waals surface area contributed by atoms with Crippen molar-refractivity contribution in [3.8, 4) is 0 Å². The second kappa shape index (κ2) is 7.27. The second-order valence-corrected chi connectivity index (χ2v) is 4.07. The Balaban J connectivity index is 2.69. The summed E-state index contributed by atoms with van der Waals surface area (Å²) >= 11 is 0. The van der Waals surface area contributed by atoms with E-state index >= 15 is 0 Å². The quantitative estimate of drug-likeness (QED) is 0.569. The van der Waals surface area contributed by atoms with Crippen LogP contribution in [0.15, 0.2) is 0 Å². The molecule has 0 aliphatic carbocycles. The van der Waals surface area contributed by atoms with Crippen molar-refractivity contribution in [1.29, 1.82) is 0 Å². The number of esters is 2. The van der Waals surface area contributed by atoms with Crippen LogP contribution in [0, 0.1) is 11.8 Å². The summed E-state index contributed by atoms with van der Waals surface area (Å²) in [6.45, 7) is 5.73. The van der Waals surface area contributed by atoms with Crippen molar-refractivity contribution in [2.24, 2.45) is 11.8 Å². The maximum atomic E-state index is 11.8. The first-order valence-electron chi connectivity index (χ1n) is 6.24. The minimum Gasteiger partial charge on any atom is -0.465 e. The molecule has 0 saturated carbocycles. The van der Waals surface area contributed by atoms with E-state index < -0.39 is 17.9 Å². The van der Waals surface area contributed by atoms with E-state index in [4.69, 9.17) is 9.47 Å². The van der Waals surface area contributed by atoms with Gasteiger partial charge in [0, 0.05) is 0 Å². The summed E-state index contributed by atoms with van der Waals surface area (Å²) < 4.78 is 9.93. The molecule has 0 unspecified atom stereocenters. The maximum absolute atomic E-state index is 11.8. The Labute approximate surface area is 102 Å². The van der Waals surface area contributed by atoms with Crippen LogP contribution < -0.4 is 5.32 Å². The van der Waals surface area contributed by atoms with Gasteiger partial charge in [-0.15, -0.1) is 0 Å². The molecule has 0 amide bonds. The lowest BCUT2D eigenvalue weighted by Gasteiger charge is -2.27. The smallest absolute Gasteiger partial charge is 0.320 e. The molecule has 17 heavy (non-hydrogen) atoms. The van der Waals surface area contributed by atoms with E-state index in [2.05, 4.69) is 5.32 Å². The fourth-order valence-electron chi connectivity index (χ4n) is 2.12. The van der Waals surface area contributed by atoms with Gasteiger partial charge in [0.15, 0.2) is 5.92 Å². The van der Waals surface area contributed by atoms with Gasteiger partial charge >= 0.3 is 11.9 Å². The van der Waals surface area contributed by atoms with Crippen LogP contribution in [-0.2, 0) is 19.1 Å². The molecule has 1 rings (SSSR count).